The Balaban J connectivity index is 2.31. The number of nitrogens with zero attached hydrogens (tertiary/aromatic N) is 1. The van der Waals surface area contributed by atoms with E-state index in [0.717, 1.165) is 5.57 Å². The first-order valence-corrected chi connectivity index (χ1v) is 8.76. The second-order valence-corrected chi connectivity index (χ2v) is 7.77. The molecule has 1 heterocycles. The summed E-state index contributed by atoms with van der Waals surface area (Å²) in [6, 6.07) is -0.151. The molecule has 2 aliphatic rings. The molecular weight excluding hydrogens is 322 g/mol. The molecule has 140 valence electrons. The summed E-state index contributed by atoms with van der Waals surface area (Å²) in [5, 5.41) is 0. The molecule has 0 N–H and O–H groups in total. The number of hydrogen-bond acceptors (Lipinski definition) is 5. The molecule has 1 fully saturated rings. The Morgan fingerprint density at radius 2 is 2.00 bits per heavy atom. The summed E-state index contributed by atoms with van der Waals surface area (Å²) < 4.78 is 16.3. The van der Waals surface area contributed by atoms with Crippen LogP contribution in [0.1, 0.15) is 41.0 Å². The largest absolute Gasteiger partial charge is 0.492 e. The average molecular weight is 351 g/mol. The lowest BCUT2D eigenvalue weighted by Gasteiger charge is -2.35. The Morgan fingerprint density at radius 1 is 1.32 bits per heavy atom. The number of fused-ring (bicyclic) bond motifs is 1. The van der Waals surface area contributed by atoms with Crippen molar-refractivity contribution in [1.29, 1.82) is 0 Å². The van der Waals surface area contributed by atoms with Gasteiger partial charge >= 0.3 is 12.1 Å². The minimum atomic E-state index is -0.554. The van der Waals surface area contributed by atoms with Crippen LogP contribution >= 0.6 is 0 Å². The van der Waals surface area contributed by atoms with E-state index in [1.54, 1.807) is 4.90 Å². The van der Waals surface area contributed by atoms with E-state index in [4.69, 9.17) is 14.2 Å². The first kappa shape index (κ1) is 19.3. The fraction of sp³-hybridized carbons (Fsp3) is 0.684. The van der Waals surface area contributed by atoms with E-state index in [1.165, 1.54) is 7.11 Å². The number of amides is 1. The fourth-order valence-corrected chi connectivity index (χ4v) is 3.22. The van der Waals surface area contributed by atoms with Gasteiger partial charge in [0, 0.05) is 5.57 Å². The van der Waals surface area contributed by atoms with Crippen LogP contribution in [0.2, 0.25) is 0 Å². The Kier molecular flexibility index (Phi) is 5.80. The number of carbonyl (C=O) groups excluding carboxylic acids is 2. The van der Waals surface area contributed by atoms with Crippen molar-refractivity contribution in [2.45, 2.75) is 52.7 Å². The molecule has 0 saturated carbocycles. The van der Waals surface area contributed by atoms with Gasteiger partial charge in [-0.3, -0.25) is 9.69 Å². The van der Waals surface area contributed by atoms with E-state index in [2.05, 4.69) is 13.8 Å². The Hall–Kier alpha value is -1.98. The van der Waals surface area contributed by atoms with E-state index in [1.807, 2.05) is 32.9 Å². The van der Waals surface area contributed by atoms with Gasteiger partial charge in [-0.1, -0.05) is 19.9 Å². The van der Waals surface area contributed by atoms with E-state index in [9.17, 15) is 9.59 Å². The molecule has 1 aliphatic heterocycles. The highest BCUT2D eigenvalue weighted by Crippen LogP contribution is 2.34. The predicted octanol–water partition coefficient (Wildman–Crippen LogP) is 3.28. The Bertz CT molecular complexity index is 585. The lowest BCUT2D eigenvalue weighted by molar-refractivity contribution is -0.143. The van der Waals surface area contributed by atoms with Crippen LogP contribution in [-0.4, -0.2) is 48.9 Å². The summed E-state index contributed by atoms with van der Waals surface area (Å²) in [6.45, 7) is 10.5. The zero-order valence-corrected chi connectivity index (χ0v) is 16.0. The zero-order chi connectivity index (χ0) is 18.8. The fourth-order valence-electron chi connectivity index (χ4n) is 3.22. The predicted molar refractivity (Wildman–Crippen MR) is 93.8 cm³/mol. The Labute approximate surface area is 149 Å². The number of allylic oxidation sites excluding steroid dienone is 1. The third kappa shape index (κ3) is 4.55. The summed E-state index contributed by atoms with van der Waals surface area (Å²) >= 11 is 0. The Morgan fingerprint density at radius 3 is 2.56 bits per heavy atom. The number of methoxy groups -OCH3 is 1. The number of carbonyl (C=O) groups is 2. The molecule has 0 spiro atoms. The molecule has 2 rings (SSSR count). The topological polar surface area (TPSA) is 65.1 Å². The molecule has 0 aromatic rings. The van der Waals surface area contributed by atoms with Gasteiger partial charge < -0.3 is 14.2 Å². The number of hydrogen-bond donors (Lipinski definition) is 0. The van der Waals surface area contributed by atoms with Crippen LogP contribution in [-0.2, 0) is 19.0 Å². The van der Waals surface area contributed by atoms with Crippen molar-refractivity contribution in [1.82, 2.24) is 4.90 Å². The number of ether oxygens (including phenoxy) is 3. The second kappa shape index (κ2) is 7.50. The third-order valence-electron chi connectivity index (χ3n) is 4.24. The lowest BCUT2D eigenvalue weighted by Crippen LogP contribution is -2.47. The molecule has 1 aliphatic carbocycles. The maximum atomic E-state index is 12.7. The standard InChI is InChI=1S/C19H29NO5/c1-12(2)16-14-8-7-13(17(21)23-6)11-15(14)24-10-9-20(16)18(22)25-19(3,4)5/h8,11-13,16H,7,9-10H2,1-6H3/t13?,16-/m1/s1. The highest BCUT2D eigenvalue weighted by molar-refractivity contribution is 5.76. The zero-order valence-electron chi connectivity index (χ0n) is 16.0. The van der Waals surface area contributed by atoms with Crippen LogP contribution in [0.5, 0.6) is 0 Å². The highest BCUT2D eigenvalue weighted by atomic mass is 16.6. The van der Waals surface area contributed by atoms with Crippen LogP contribution in [0.3, 0.4) is 0 Å². The van der Waals surface area contributed by atoms with E-state index < -0.39 is 5.60 Å². The summed E-state index contributed by atoms with van der Waals surface area (Å²) in [5.41, 5.74) is 0.389. The van der Waals surface area contributed by atoms with Gasteiger partial charge in [0.2, 0.25) is 0 Å². The van der Waals surface area contributed by atoms with Crippen molar-refractivity contribution in [3.63, 3.8) is 0 Å². The summed E-state index contributed by atoms with van der Waals surface area (Å²) in [7, 11) is 1.38. The molecule has 25 heavy (non-hydrogen) atoms. The minimum Gasteiger partial charge on any atom is -0.492 e. The molecule has 6 nitrogen and oxygen atoms in total. The van der Waals surface area contributed by atoms with Gasteiger partial charge in [0.1, 0.15) is 18.0 Å². The van der Waals surface area contributed by atoms with Gasteiger partial charge in [-0.05, 0) is 39.2 Å². The van der Waals surface area contributed by atoms with Gasteiger partial charge in [0.25, 0.3) is 0 Å². The molecule has 0 bridgehead atoms. The van der Waals surface area contributed by atoms with Crippen LogP contribution in [0.15, 0.2) is 23.5 Å². The molecule has 0 aromatic carbocycles. The van der Waals surface area contributed by atoms with Gasteiger partial charge in [-0.25, -0.2) is 4.79 Å². The molecule has 0 radical (unpaired) electrons. The van der Waals surface area contributed by atoms with Gasteiger partial charge in [0.15, 0.2) is 0 Å². The van der Waals surface area contributed by atoms with Crippen LogP contribution in [0.25, 0.3) is 0 Å². The minimum absolute atomic E-state index is 0.151. The van der Waals surface area contributed by atoms with Crippen molar-refractivity contribution in [2.75, 3.05) is 20.3 Å². The summed E-state index contributed by atoms with van der Waals surface area (Å²) in [6.07, 6.45) is 4.01. The van der Waals surface area contributed by atoms with Crippen LogP contribution in [0, 0.1) is 11.8 Å². The number of rotatable bonds is 2. The van der Waals surface area contributed by atoms with Crippen molar-refractivity contribution in [3.8, 4) is 0 Å². The molecule has 1 amide bonds. The summed E-state index contributed by atoms with van der Waals surface area (Å²) in [5.74, 6) is 0.232. The quantitative estimate of drug-likeness (QED) is 0.714. The van der Waals surface area contributed by atoms with E-state index in [0.29, 0.717) is 25.3 Å². The molecule has 1 unspecified atom stereocenters. The lowest BCUT2D eigenvalue weighted by atomic mass is 9.86. The molecular formula is C19H29NO5. The van der Waals surface area contributed by atoms with Crippen molar-refractivity contribution in [2.24, 2.45) is 11.8 Å². The summed E-state index contributed by atoms with van der Waals surface area (Å²) in [4.78, 5) is 26.3. The molecule has 1 saturated heterocycles. The van der Waals surface area contributed by atoms with E-state index in [-0.39, 0.29) is 29.9 Å². The van der Waals surface area contributed by atoms with E-state index >= 15 is 0 Å². The average Bonchev–Trinajstić information content (AvgIpc) is 2.71. The maximum absolute atomic E-state index is 12.7. The van der Waals surface area contributed by atoms with Crippen molar-refractivity contribution in [3.05, 3.63) is 23.5 Å². The van der Waals surface area contributed by atoms with Gasteiger partial charge in [0.05, 0.1) is 25.6 Å². The van der Waals surface area contributed by atoms with Crippen molar-refractivity contribution < 1.29 is 23.8 Å². The molecule has 2 atom stereocenters. The van der Waals surface area contributed by atoms with Crippen LogP contribution < -0.4 is 0 Å². The van der Waals surface area contributed by atoms with Crippen molar-refractivity contribution >= 4 is 12.1 Å². The maximum Gasteiger partial charge on any atom is 0.410 e. The van der Waals surface area contributed by atoms with Gasteiger partial charge in [-0.15, -0.1) is 0 Å². The molecule has 0 aromatic heterocycles. The third-order valence-corrected chi connectivity index (χ3v) is 4.24. The monoisotopic (exact) mass is 351 g/mol. The first-order chi connectivity index (χ1) is 11.6. The molecule has 6 heteroatoms. The van der Waals surface area contributed by atoms with Gasteiger partial charge in [-0.2, -0.15) is 0 Å². The first-order valence-electron chi connectivity index (χ1n) is 8.76. The number of esters is 1. The SMILES string of the molecule is COC(=O)C1C=C2OCCN(C(=O)OC(C)(C)C)[C@H](C(C)C)C2=CC1. The highest BCUT2D eigenvalue weighted by Gasteiger charge is 2.38. The van der Waals surface area contributed by atoms with Crippen LogP contribution in [0.4, 0.5) is 4.79 Å². The normalized spacial score (nSPS) is 23.7. The smallest absolute Gasteiger partial charge is 0.410 e. The second-order valence-electron chi connectivity index (χ2n) is 7.77.